The lowest BCUT2D eigenvalue weighted by Gasteiger charge is -2.29. The minimum Gasteiger partial charge on any atom is -0.299 e. The van der Waals surface area contributed by atoms with Gasteiger partial charge in [0.25, 0.3) is 0 Å². The van der Waals surface area contributed by atoms with Gasteiger partial charge in [0.1, 0.15) is 0 Å². The van der Waals surface area contributed by atoms with Crippen LogP contribution in [0, 0.1) is 11.3 Å². The molecule has 0 N–H and O–H groups in total. The third-order valence-electron chi connectivity index (χ3n) is 4.19. The highest BCUT2D eigenvalue weighted by Gasteiger charge is 2.35. The molecule has 0 aromatic carbocycles. The maximum Gasteiger partial charge on any atom is 0.0638 e. The molecular weight excluding hydrogens is 186 g/mol. The quantitative estimate of drug-likeness (QED) is 0.686. The van der Waals surface area contributed by atoms with Gasteiger partial charge in [0, 0.05) is 31.2 Å². The highest BCUT2D eigenvalue weighted by molar-refractivity contribution is 4.93. The summed E-state index contributed by atoms with van der Waals surface area (Å²) in [5.41, 5.74) is 0. The van der Waals surface area contributed by atoms with Crippen LogP contribution in [0.5, 0.6) is 0 Å². The highest BCUT2D eigenvalue weighted by atomic mass is 15.3. The Hall–Kier alpha value is -0.590. The van der Waals surface area contributed by atoms with Crippen molar-refractivity contribution in [3.05, 3.63) is 0 Å². The van der Waals surface area contributed by atoms with Crippen LogP contribution in [0.2, 0.25) is 0 Å². The summed E-state index contributed by atoms with van der Waals surface area (Å²) < 4.78 is 0. The Bertz CT molecular complexity index is 258. The van der Waals surface area contributed by atoms with E-state index in [1.807, 2.05) is 0 Å². The average Bonchev–Trinajstić information content (AvgIpc) is 2.41. The van der Waals surface area contributed by atoms with Crippen molar-refractivity contribution in [1.82, 2.24) is 9.80 Å². The van der Waals surface area contributed by atoms with E-state index in [2.05, 4.69) is 29.8 Å². The predicted octanol–water partition coefficient (Wildman–Crippen LogP) is 1.46. The van der Waals surface area contributed by atoms with Crippen molar-refractivity contribution in [3.8, 4) is 6.07 Å². The van der Waals surface area contributed by atoms with Gasteiger partial charge >= 0.3 is 0 Å². The molecule has 3 nitrogen and oxygen atoms in total. The van der Waals surface area contributed by atoms with Gasteiger partial charge < -0.3 is 0 Å². The standard InChI is InChI=1S/C12H21N3/c1-10(5-7-13)15-8-6-11-3-4-12(9-15)14(11)2/h10-12H,3-6,8-9H2,1-2H3. The zero-order valence-corrected chi connectivity index (χ0v) is 9.82. The molecule has 0 aromatic rings. The van der Waals surface area contributed by atoms with E-state index in [1.165, 1.54) is 25.8 Å². The topological polar surface area (TPSA) is 30.3 Å². The van der Waals surface area contributed by atoms with Crippen LogP contribution in [0.3, 0.4) is 0 Å². The average molecular weight is 207 g/mol. The molecule has 15 heavy (non-hydrogen) atoms. The number of nitrogens with zero attached hydrogens (tertiary/aromatic N) is 3. The van der Waals surface area contributed by atoms with Crippen LogP contribution < -0.4 is 0 Å². The van der Waals surface area contributed by atoms with Crippen molar-refractivity contribution in [2.24, 2.45) is 0 Å². The molecule has 2 saturated heterocycles. The third kappa shape index (κ3) is 2.16. The van der Waals surface area contributed by atoms with Gasteiger partial charge in [0.05, 0.1) is 12.5 Å². The molecule has 0 aliphatic carbocycles. The fourth-order valence-electron chi connectivity index (χ4n) is 3.00. The minimum atomic E-state index is 0.433. The van der Waals surface area contributed by atoms with E-state index in [9.17, 15) is 0 Å². The number of hydrogen-bond donors (Lipinski definition) is 0. The van der Waals surface area contributed by atoms with Crippen molar-refractivity contribution in [1.29, 1.82) is 5.26 Å². The van der Waals surface area contributed by atoms with Crippen LogP contribution in [0.25, 0.3) is 0 Å². The molecule has 3 atom stereocenters. The molecule has 2 heterocycles. The Labute approximate surface area is 92.7 Å². The summed E-state index contributed by atoms with van der Waals surface area (Å²) in [6.07, 6.45) is 4.67. The molecule has 2 bridgehead atoms. The van der Waals surface area contributed by atoms with Crippen LogP contribution in [0.15, 0.2) is 0 Å². The van der Waals surface area contributed by atoms with Crippen molar-refractivity contribution >= 4 is 0 Å². The maximum atomic E-state index is 8.73. The second-order valence-corrected chi connectivity index (χ2v) is 5.05. The number of nitriles is 1. The number of likely N-dealkylation sites (tertiary alicyclic amines) is 1. The second kappa shape index (κ2) is 4.51. The van der Waals surface area contributed by atoms with E-state index in [0.29, 0.717) is 12.5 Å². The molecule has 0 aromatic heterocycles. The lowest BCUT2D eigenvalue weighted by molar-refractivity contribution is 0.182. The van der Waals surface area contributed by atoms with Crippen molar-refractivity contribution < 1.29 is 0 Å². The van der Waals surface area contributed by atoms with Crippen LogP contribution in [-0.4, -0.2) is 48.1 Å². The fraction of sp³-hybridized carbons (Fsp3) is 0.917. The highest BCUT2D eigenvalue weighted by Crippen LogP contribution is 2.29. The predicted molar refractivity (Wildman–Crippen MR) is 60.5 cm³/mol. The first-order valence-electron chi connectivity index (χ1n) is 6.05. The third-order valence-corrected chi connectivity index (χ3v) is 4.19. The largest absolute Gasteiger partial charge is 0.299 e. The molecule has 2 aliphatic heterocycles. The zero-order valence-electron chi connectivity index (χ0n) is 9.82. The summed E-state index contributed by atoms with van der Waals surface area (Å²) in [6.45, 7) is 4.52. The Morgan fingerprint density at radius 2 is 2.07 bits per heavy atom. The first kappa shape index (κ1) is 10.9. The van der Waals surface area contributed by atoms with Crippen molar-refractivity contribution in [2.45, 2.75) is 50.7 Å². The molecule has 0 amide bonds. The number of hydrogen-bond acceptors (Lipinski definition) is 3. The van der Waals surface area contributed by atoms with E-state index in [-0.39, 0.29) is 0 Å². The first-order chi connectivity index (χ1) is 7.22. The van der Waals surface area contributed by atoms with Crippen LogP contribution in [-0.2, 0) is 0 Å². The normalized spacial score (nSPS) is 34.7. The van der Waals surface area contributed by atoms with Crippen LogP contribution in [0.4, 0.5) is 0 Å². The number of fused-ring (bicyclic) bond motifs is 2. The molecule has 0 spiro atoms. The van der Waals surface area contributed by atoms with E-state index in [0.717, 1.165) is 18.6 Å². The van der Waals surface area contributed by atoms with Gasteiger partial charge in [-0.1, -0.05) is 0 Å². The molecule has 0 saturated carbocycles. The van der Waals surface area contributed by atoms with E-state index in [1.54, 1.807) is 0 Å². The molecule has 2 fully saturated rings. The monoisotopic (exact) mass is 207 g/mol. The Morgan fingerprint density at radius 3 is 2.80 bits per heavy atom. The lowest BCUT2D eigenvalue weighted by Crippen LogP contribution is -2.40. The summed E-state index contributed by atoms with van der Waals surface area (Å²) in [5, 5.41) is 8.73. The first-order valence-corrected chi connectivity index (χ1v) is 6.05. The molecule has 84 valence electrons. The molecular formula is C12H21N3. The molecule has 2 rings (SSSR count). The number of likely N-dealkylation sites (N-methyl/N-ethyl adjacent to an activating group) is 1. The SMILES string of the molecule is CC(CC#N)N1CCC2CCC(C1)N2C. The Morgan fingerprint density at radius 1 is 1.33 bits per heavy atom. The summed E-state index contributed by atoms with van der Waals surface area (Å²) in [6, 6.07) is 4.25. The lowest BCUT2D eigenvalue weighted by atomic mass is 10.1. The van der Waals surface area contributed by atoms with Gasteiger partial charge in [-0.2, -0.15) is 5.26 Å². The Balaban J connectivity index is 1.97. The van der Waals surface area contributed by atoms with Gasteiger partial charge in [0.2, 0.25) is 0 Å². The zero-order chi connectivity index (χ0) is 10.8. The number of rotatable bonds is 2. The van der Waals surface area contributed by atoms with Crippen molar-refractivity contribution in [2.75, 3.05) is 20.1 Å². The molecule has 2 aliphatic rings. The molecule has 3 unspecified atom stereocenters. The fourth-order valence-corrected chi connectivity index (χ4v) is 3.00. The van der Waals surface area contributed by atoms with Gasteiger partial charge in [-0.3, -0.25) is 9.80 Å². The van der Waals surface area contributed by atoms with Gasteiger partial charge in [0.15, 0.2) is 0 Å². The summed E-state index contributed by atoms with van der Waals surface area (Å²) >= 11 is 0. The van der Waals surface area contributed by atoms with Gasteiger partial charge in [-0.25, -0.2) is 0 Å². The Kier molecular flexibility index (Phi) is 3.28. The second-order valence-electron chi connectivity index (χ2n) is 5.05. The van der Waals surface area contributed by atoms with Crippen LogP contribution in [0.1, 0.15) is 32.6 Å². The molecule has 3 heteroatoms. The van der Waals surface area contributed by atoms with E-state index >= 15 is 0 Å². The summed E-state index contributed by atoms with van der Waals surface area (Å²) in [4.78, 5) is 5.06. The van der Waals surface area contributed by atoms with Gasteiger partial charge in [-0.05, 0) is 33.2 Å². The van der Waals surface area contributed by atoms with Gasteiger partial charge in [-0.15, -0.1) is 0 Å². The van der Waals surface area contributed by atoms with E-state index < -0.39 is 0 Å². The van der Waals surface area contributed by atoms with E-state index in [4.69, 9.17) is 5.26 Å². The minimum absolute atomic E-state index is 0.433. The van der Waals surface area contributed by atoms with Crippen LogP contribution >= 0.6 is 0 Å². The molecule has 0 radical (unpaired) electrons. The maximum absolute atomic E-state index is 8.73. The summed E-state index contributed by atoms with van der Waals surface area (Å²) in [7, 11) is 2.26. The smallest absolute Gasteiger partial charge is 0.0638 e. The summed E-state index contributed by atoms with van der Waals surface area (Å²) in [5.74, 6) is 0. The van der Waals surface area contributed by atoms with Crippen molar-refractivity contribution in [3.63, 3.8) is 0 Å².